The van der Waals surface area contributed by atoms with Crippen molar-refractivity contribution in [2.75, 3.05) is 12.8 Å². The van der Waals surface area contributed by atoms with Gasteiger partial charge in [-0.2, -0.15) is 0 Å². The summed E-state index contributed by atoms with van der Waals surface area (Å²) in [6.45, 7) is 0. The molecule has 1 aromatic rings. The minimum Gasteiger partial charge on any atom is -0.358 e. The molecule has 0 aliphatic rings. The Hall–Kier alpha value is -0.760. The average molecular weight is 309 g/mol. The van der Waals surface area contributed by atoms with Crippen LogP contribution in [0.25, 0.3) is 0 Å². The van der Waals surface area contributed by atoms with Gasteiger partial charge in [-0.3, -0.25) is 4.79 Å². The van der Waals surface area contributed by atoms with E-state index in [1.165, 1.54) is 23.9 Å². The van der Waals surface area contributed by atoms with Crippen LogP contribution in [-0.2, 0) is 20.6 Å². The zero-order valence-electron chi connectivity index (χ0n) is 9.64. The van der Waals surface area contributed by atoms with E-state index >= 15 is 0 Å². The SMILES string of the molecule is CNC(=O)CSCc1cc(Cl)cc(S(N)(=O)=O)c1. The van der Waals surface area contributed by atoms with Crippen molar-refractivity contribution in [2.45, 2.75) is 10.6 Å². The van der Waals surface area contributed by atoms with Gasteiger partial charge in [0.25, 0.3) is 0 Å². The maximum absolute atomic E-state index is 11.2. The van der Waals surface area contributed by atoms with Crippen LogP contribution in [0.1, 0.15) is 5.56 Å². The standard InChI is InChI=1S/C10H13ClN2O3S2/c1-13-10(14)6-17-5-7-2-8(11)4-9(3-7)18(12,15)16/h2-4H,5-6H2,1H3,(H,13,14)(H2,12,15,16). The Labute approximate surface area is 115 Å². The van der Waals surface area contributed by atoms with Crippen LogP contribution in [0, 0.1) is 0 Å². The highest BCUT2D eigenvalue weighted by Gasteiger charge is 2.10. The van der Waals surface area contributed by atoms with Gasteiger partial charge in [0, 0.05) is 17.8 Å². The highest BCUT2D eigenvalue weighted by molar-refractivity contribution is 7.99. The van der Waals surface area contributed by atoms with Crippen LogP contribution in [0.3, 0.4) is 0 Å². The number of hydrogen-bond acceptors (Lipinski definition) is 4. The molecule has 5 nitrogen and oxygen atoms in total. The van der Waals surface area contributed by atoms with Crippen molar-refractivity contribution in [2.24, 2.45) is 5.14 Å². The molecule has 18 heavy (non-hydrogen) atoms. The van der Waals surface area contributed by atoms with E-state index in [2.05, 4.69) is 5.32 Å². The normalized spacial score (nSPS) is 11.3. The summed E-state index contributed by atoms with van der Waals surface area (Å²) in [5.74, 6) is 0.693. The molecule has 0 radical (unpaired) electrons. The molecule has 0 aliphatic heterocycles. The third-order valence-corrected chi connectivity index (χ3v) is 4.16. The Bertz CT molecular complexity index is 546. The van der Waals surface area contributed by atoms with Crippen LogP contribution in [0.2, 0.25) is 5.02 Å². The first-order chi connectivity index (χ1) is 8.32. The molecule has 0 fully saturated rings. The topological polar surface area (TPSA) is 89.3 Å². The van der Waals surface area contributed by atoms with Crippen LogP contribution >= 0.6 is 23.4 Å². The molecule has 1 aromatic carbocycles. The largest absolute Gasteiger partial charge is 0.358 e. The van der Waals surface area contributed by atoms with Crippen LogP contribution in [0.4, 0.5) is 0 Å². The number of thioether (sulfide) groups is 1. The van der Waals surface area contributed by atoms with Crippen molar-refractivity contribution in [1.29, 1.82) is 0 Å². The van der Waals surface area contributed by atoms with Crippen molar-refractivity contribution in [3.8, 4) is 0 Å². The first-order valence-corrected chi connectivity index (χ1v) is 8.01. The lowest BCUT2D eigenvalue weighted by atomic mass is 10.2. The second-order valence-electron chi connectivity index (χ2n) is 3.51. The molecule has 0 heterocycles. The van der Waals surface area contributed by atoms with Gasteiger partial charge in [-0.1, -0.05) is 11.6 Å². The Kier molecular flexibility index (Phi) is 5.46. The van der Waals surface area contributed by atoms with E-state index < -0.39 is 10.0 Å². The highest BCUT2D eigenvalue weighted by Crippen LogP contribution is 2.21. The predicted octanol–water partition coefficient (Wildman–Crippen LogP) is 0.967. The zero-order valence-corrected chi connectivity index (χ0v) is 12.0. The summed E-state index contributed by atoms with van der Waals surface area (Å²) in [5.41, 5.74) is 0.709. The van der Waals surface area contributed by atoms with E-state index in [9.17, 15) is 13.2 Å². The van der Waals surface area contributed by atoms with Crippen molar-refractivity contribution < 1.29 is 13.2 Å². The third kappa shape index (κ3) is 4.85. The van der Waals surface area contributed by atoms with E-state index in [0.717, 1.165) is 0 Å². The number of nitrogens with two attached hydrogens (primary N) is 1. The minimum atomic E-state index is -3.77. The number of amides is 1. The third-order valence-electron chi connectivity index (χ3n) is 2.04. The van der Waals surface area contributed by atoms with Gasteiger partial charge in [-0.05, 0) is 23.8 Å². The van der Waals surface area contributed by atoms with Crippen molar-refractivity contribution in [1.82, 2.24) is 5.32 Å². The van der Waals surface area contributed by atoms with Gasteiger partial charge in [0.15, 0.2) is 0 Å². The summed E-state index contributed by atoms with van der Waals surface area (Å²) in [6, 6.07) is 4.40. The van der Waals surface area contributed by atoms with E-state index in [1.807, 2.05) is 0 Å². The van der Waals surface area contributed by atoms with Crippen LogP contribution in [0.5, 0.6) is 0 Å². The first kappa shape index (κ1) is 15.3. The lowest BCUT2D eigenvalue weighted by molar-refractivity contribution is -0.118. The monoisotopic (exact) mass is 308 g/mol. The number of benzene rings is 1. The molecule has 8 heteroatoms. The maximum Gasteiger partial charge on any atom is 0.238 e. The lowest BCUT2D eigenvalue weighted by Crippen LogP contribution is -2.19. The summed E-state index contributed by atoms with van der Waals surface area (Å²) in [5, 5.41) is 7.84. The van der Waals surface area contributed by atoms with Gasteiger partial charge in [0.2, 0.25) is 15.9 Å². The number of sulfonamides is 1. The fourth-order valence-corrected chi connectivity index (χ4v) is 2.97. The number of rotatable bonds is 5. The van der Waals surface area contributed by atoms with Crippen molar-refractivity contribution >= 4 is 39.3 Å². The Morgan fingerprint density at radius 1 is 1.44 bits per heavy atom. The molecule has 0 spiro atoms. The molecule has 0 unspecified atom stereocenters. The molecule has 1 amide bonds. The minimum absolute atomic E-state index is 0.0226. The van der Waals surface area contributed by atoms with Crippen LogP contribution < -0.4 is 10.5 Å². The van der Waals surface area contributed by atoms with Gasteiger partial charge < -0.3 is 5.32 Å². The predicted molar refractivity (Wildman–Crippen MR) is 73.1 cm³/mol. The summed E-state index contributed by atoms with van der Waals surface area (Å²) in [4.78, 5) is 11.0. The van der Waals surface area contributed by atoms with Gasteiger partial charge in [0.05, 0.1) is 10.6 Å². The molecule has 0 saturated carbocycles. The molecule has 0 atom stereocenters. The van der Waals surface area contributed by atoms with E-state index in [0.29, 0.717) is 22.1 Å². The van der Waals surface area contributed by atoms with Gasteiger partial charge in [-0.25, -0.2) is 13.6 Å². The van der Waals surface area contributed by atoms with Gasteiger partial charge >= 0.3 is 0 Å². The summed E-state index contributed by atoms with van der Waals surface area (Å²) in [6.07, 6.45) is 0. The van der Waals surface area contributed by atoms with E-state index in [4.69, 9.17) is 16.7 Å². The molecule has 0 aliphatic carbocycles. The van der Waals surface area contributed by atoms with E-state index in [-0.39, 0.29) is 10.8 Å². The van der Waals surface area contributed by atoms with Crippen LogP contribution in [-0.4, -0.2) is 27.1 Å². The van der Waals surface area contributed by atoms with Crippen molar-refractivity contribution in [3.05, 3.63) is 28.8 Å². The zero-order chi connectivity index (χ0) is 13.8. The molecule has 0 saturated heterocycles. The fourth-order valence-electron chi connectivity index (χ4n) is 1.20. The quantitative estimate of drug-likeness (QED) is 0.848. The number of halogens is 1. The first-order valence-electron chi connectivity index (χ1n) is 4.93. The molecule has 3 N–H and O–H groups in total. The molecule has 100 valence electrons. The molecular weight excluding hydrogens is 296 g/mol. The van der Waals surface area contributed by atoms with Gasteiger partial charge in [-0.15, -0.1) is 11.8 Å². The molecule has 0 aromatic heterocycles. The second-order valence-corrected chi connectivity index (χ2v) is 6.49. The smallest absolute Gasteiger partial charge is 0.238 e. The maximum atomic E-state index is 11.2. The fraction of sp³-hybridized carbons (Fsp3) is 0.300. The number of primary sulfonamides is 1. The number of carbonyl (C=O) groups is 1. The summed E-state index contributed by atoms with van der Waals surface area (Å²) >= 11 is 7.18. The molecule has 0 bridgehead atoms. The Morgan fingerprint density at radius 3 is 2.67 bits per heavy atom. The van der Waals surface area contributed by atoms with E-state index in [1.54, 1.807) is 13.1 Å². The van der Waals surface area contributed by atoms with Crippen LogP contribution in [0.15, 0.2) is 23.1 Å². The molecule has 1 rings (SSSR count). The lowest BCUT2D eigenvalue weighted by Gasteiger charge is -2.05. The van der Waals surface area contributed by atoms with Gasteiger partial charge in [0.1, 0.15) is 0 Å². The second kappa shape index (κ2) is 6.42. The summed E-state index contributed by atoms with van der Waals surface area (Å²) < 4.78 is 22.4. The molecular formula is C10H13ClN2O3S2. The Morgan fingerprint density at radius 2 is 2.11 bits per heavy atom. The number of carbonyl (C=O) groups excluding carboxylic acids is 1. The number of nitrogens with one attached hydrogen (secondary N) is 1. The highest BCUT2D eigenvalue weighted by atomic mass is 35.5. The number of hydrogen-bond donors (Lipinski definition) is 2. The Balaban J connectivity index is 2.78. The van der Waals surface area contributed by atoms with Crippen molar-refractivity contribution in [3.63, 3.8) is 0 Å². The summed E-state index contributed by atoms with van der Waals surface area (Å²) in [7, 11) is -2.21. The average Bonchev–Trinajstić information content (AvgIpc) is 2.27.